The Morgan fingerprint density at radius 2 is 1.78 bits per heavy atom. The largest absolute Gasteiger partial charge is 0.497 e. The zero-order valence-corrected chi connectivity index (χ0v) is 16.5. The van der Waals surface area contributed by atoms with Gasteiger partial charge in [-0.15, -0.1) is 10.2 Å². The number of ether oxygens (including phenoxy) is 1. The molecular weight excluding hydrogens is 362 g/mol. The van der Waals surface area contributed by atoms with Crippen molar-refractivity contribution in [1.82, 2.24) is 19.7 Å². The second kappa shape index (κ2) is 8.21. The van der Waals surface area contributed by atoms with Crippen molar-refractivity contribution in [3.05, 3.63) is 24.3 Å². The van der Waals surface area contributed by atoms with Gasteiger partial charge < -0.3 is 14.5 Å². The smallest absolute Gasteiger partial charge is 0.233 e. The van der Waals surface area contributed by atoms with Gasteiger partial charge in [-0.1, -0.05) is 24.6 Å². The molecular formula is C19H25N5O2S. The third kappa shape index (κ3) is 3.90. The van der Waals surface area contributed by atoms with Gasteiger partial charge in [-0.3, -0.25) is 9.36 Å². The van der Waals surface area contributed by atoms with Crippen LogP contribution < -0.4 is 9.64 Å². The summed E-state index contributed by atoms with van der Waals surface area (Å²) in [6, 6.07) is 7.95. The van der Waals surface area contributed by atoms with Crippen LogP contribution in [0.3, 0.4) is 0 Å². The van der Waals surface area contributed by atoms with Crippen LogP contribution in [0.25, 0.3) is 0 Å². The number of likely N-dealkylation sites (tertiary alicyclic amines) is 1. The van der Waals surface area contributed by atoms with Crippen molar-refractivity contribution in [3.8, 4) is 5.75 Å². The van der Waals surface area contributed by atoms with E-state index in [-0.39, 0.29) is 5.91 Å². The number of hydrogen-bond acceptors (Lipinski definition) is 6. The molecule has 0 aliphatic carbocycles. The summed E-state index contributed by atoms with van der Waals surface area (Å²) in [6.45, 7) is 3.46. The van der Waals surface area contributed by atoms with Gasteiger partial charge in [0.2, 0.25) is 11.9 Å². The van der Waals surface area contributed by atoms with E-state index in [4.69, 9.17) is 4.74 Å². The zero-order valence-electron chi connectivity index (χ0n) is 15.6. The van der Waals surface area contributed by atoms with Crippen molar-refractivity contribution in [2.24, 2.45) is 0 Å². The minimum Gasteiger partial charge on any atom is -0.497 e. The molecule has 0 unspecified atom stereocenters. The topological polar surface area (TPSA) is 63.5 Å². The molecule has 4 rings (SSSR count). The standard InChI is InChI=1S/C19H25N5O2S/c1-26-16-8-6-15(7-9-16)23-12-13-24-18(23)20-21-19(24)27-14-17(25)22-10-4-2-3-5-11-22/h6-9H,2-5,10-14H2,1H3. The van der Waals surface area contributed by atoms with E-state index in [0.29, 0.717) is 5.75 Å². The highest BCUT2D eigenvalue weighted by atomic mass is 32.2. The number of rotatable bonds is 5. The number of thioether (sulfide) groups is 1. The molecule has 7 nitrogen and oxygen atoms in total. The van der Waals surface area contributed by atoms with Crippen LogP contribution in [0.4, 0.5) is 11.6 Å². The van der Waals surface area contributed by atoms with Crippen molar-refractivity contribution in [3.63, 3.8) is 0 Å². The number of hydrogen-bond donors (Lipinski definition) is 0. The summed E-state index contributed by atoms with van der Waals surface area (Å²) in [7, 11) is 1.66. The number of benzene rings is 1. The van der Waals surface area contributed by atoms with Crippen LogP contribution in [0.15, 0.2) is 29.4 Å². The van der Waals surface area contributed by atoms with E-state index in [0.717, 1.165) is 61.6 Å². The Balaban J connectivity index is 1.40. The molecule has 0 saturated carbocycles. The number of aromatic nitrogens is 3. The monoisotopic (exact) mass is 387 g/mol. The number of carbonyl (C=O) groups is 1. The summed E-state index contributed by atoms with van der Waals surface area (Å²) in [6.07, 6.45) is 4.70. The maximum atomic E-state index is 12.5. The Bertz CT molecular complexity index is 784. The SMILES string of the molecule is COc1ccc(N2CCn3c(SCC(=O)N4CCCCCC4)nnc32)cc1. The summed E-state index contributed by atoms with van der Waals surface area (Å²) >= 11 is 1.50. The molecule has 144 valence electrons. The van der Waals surface area contributed by atoms with Gasteiger partial charge in [0.05, 0.1) is 12.9 Å². The minimum atomic E-state index is 0.212. The first-order valence-corrected chi connectivity index (χ1v) is 10.5. The molecule has 1 saturated heterocycles. The third-order valence-electron chi connectivity index (χ3n) is 5.15. The maximum absolute atomic E-state index is 12.5. The highest BCUT2D eigenvalue weighted by molar-refractivity contribution is 7.99. The molecule has 0 N–H and O–H groups in total. The predicted molar refractivity (Wildman–Crippen MR) is 106 cm³/mol. The molecule has 1 aromatic heterocycles. The normalized spacial score (nSPS) is 16.9. The van der Waals surface area contributed by atoms with Gasteiger partial charge in [0, 0.05) is 31.9 Å². The van der Waals surface area contributed by atoms with E-state index in [9.17, 15) is 4.79 Å². The van der Waals surface area contributed by atoms with Crippen LogP contribution in [0.1, 0.15) is 25.7 Å². The molecule has 2 aliphatic rings. The fourth-order valence-electron chi connectivity index (χ4n) is 3.63. The Morgan fingerprint density at radius 3 is 2.48 bits per heavy atom. The quantitative estimate of drug-likeness (QED) is 0.735. The van der Waals surface area contributed by atoms with Crippen LogP contribution in [-0.4, -0.2) is 58.1 Å². The third-order valence-corrected chi connectivity index (χ3v) is 6.11. The second-order valence-electron chi connectivity index (χ2n) is 6.87. The lowest BCUT2D eigenvalue weighted by molar-refractivity contribution is -0.128. The highest BCUT2D eigenvalue weighted by Gasteiger charge is 2.27. The van der Waals surface area contributed by atoms with Gasteiger partial charge in [-0.2, -0.15) is 0 Å². The van der Waals surface area contributed by atoms with Gasteiger partial charge in [-0.05, 0) is 37.1 Å². The molecule has 3 heterocycles. The number of anilines is 2. The summed E-state index contributed by atoms with van der Waals surface area (Å²) in [5.41, 5.74) is 1.07. The van der Waals surface area contributed by atoms with Gasteiger partial charge >= 0.3 is 0 Å². The molecule has 1 amide bonds. The van der Waals surface area contributed by atoms with E-state index in [1.807, 2.05) is 29.2 Å². The average molecular weight is 388 g/mol. The minimum absolute atomic E-state index is 0.212. The molecule has 8 heteroatoms. The van der Waals surface area contributed by atoms with Gasteiger partial charge in [0.1, 0.15) is 5.75 Å². The zero-order chi connectivity index (χ0) is 18.6. The first kappa shape index (κ1) is 18.2. The molecule has 2 aromatic rings. The molecule has 2 aliphatic heterocycles. The summed E-state index contributed by atoms with van der Waals surface area (Å²) in [5.74, 6) is 2.32. The Morgan fingerprint density at radius 1 is 1.04 bits per heavy atom. The van der Waals surface area contributed by atoms with Crippen LogP contribution in [-0.2, 0) is 11.3 Å². The van der Waals surface area contributed by atoms with Crippen LogP contribution in [0.2, 0.25) is 0 Å². The molecule has 1 fully saturated rings. The fourth-order valence-corrected chi connectivity index (χ4v) is 4.49. The van der Waals surface area contributed by atoms with E-state index in [1.54, 1.807) is 7.11 Å². The van der Waals surface area contributed by atoms with Crippen molar-refractivity contribution in [2.45, 2.75) is 37.4 Å². The molecule has 0 spiro atoms. The Hall–Kier alpha value is -2.22. The second-order valence-corrected chi connectivity index (χ2v) is 7.81. The maximum Gasteiger partial charge on any atom is 0.233 e. The average Bonchev–Trinajstić information content (AvgIpc) is 3.18. The molecule has 27 heavy (non-hydrogen) atoms. The van der Waals surface area contributed by atoms with Crippen molar-refractivity contribution in [1.29, 1.82) is 0 Å². The van der Waals surface area contributed by atoms with Crippen molar-refractivity contribution in [2.75, 3.05) is 37.4 Å². The lowest BCUT2D eigenvalue weighted by atomic mass is 10.2. The van der Waals surface area contributed by atoms with Crippen LogP contribution >= 0.6 is 11.8 Å². The lowest BCUT2D eigenvalue weighted by Crippen LogP contribution is -2.33. The first-order valence-electron chi connectivity index (χ1n) is 9.51. The number of methoxy groups -OCH3 is 1. The van der Waals surface area contributed by atoms with E-state index in [1.165, 1.54) is 24.6 Å². The van der Waals surface area contributed by atoms with Crippen LogP contribution in [0.5, 0.6) is 5.75 Å². The van der Waals surface area contributed by atoms with E-state index in [2.05, 4.69) is 19.7 Å². The number of carbonyl (C=O) groups excluding carboxylic acids is 1. The van der Waals surface area contributed by atoms with Gasteiger partial charge in [0.25, 0.3) is 0 Å². The Kier molecular flexibility index (Phi) is 5.52. The van der Waals surface area contributed by atoms with Crippen molar-refractivity contribution >= 4 is 29.3 Å². The summed E-state index contributed by atoms with van der Waals surface area (Å²) in [5, 5.41) is 9.51. The number of amides is 1. The molecule has 0 bridgehead atoms. The summed E-state index contributed by atoms with van der Waals surface area (Å²) < 4.78 is 7.33. The van der Waals surface area contributed by atoms with Crippen LogP contribution in [0, 0.1) is 0 Å². The number of nitrogens with zero attached hydrogens (tertiary/aromatic N) is 5. The van der Waals surface area contributed by atoms with Crippen molar-refractivity contribution < 1.29 is 9.53 Å². The predicted octanol–water partition coefficient (Wildman–Crippen LogP) is 2.93. The highest BCUT2D eigenvalue weighted by Crippen LogP contribution is 2.32. The van der Waals surface area contributed by atoms with Gasteiger partial charge in [-0.25, -0.2) is 0 Å². The first-order chi connectivity index (χ1) is 13.3. The van der Waals surface area contributed by atoms with Gasteiger partial charge in [0.15, 0.2) is 5.16 Å². The molecule has 0 radical (unpaired) electrons. The molecule has 1 aromatic carbocycles. The molecule has 0 atom stereocenters. The van der Waals surface area contributed by atoms with E-state index >= 15 is 0 Å². The number of fused-ring (bicyclic) bond motifs is 1. The fraction of sp³-hybridized carbons (Fsp3) is 0.526. The summed E-state index contributed by atoms with van der Waals surface area (Å²) in [4.78, 5) is 16.7. The Labute approximate surface area is 163 Å². The lowest BCUT2D eigenvalue weighted by Gasteiger charge is -2.19. The van der Waals surface area contributed by atoms with E-state index < -0.39 is 0 Å².